The van der Waals surface area contributed by atoms with Crippen LogP contribution in [0.25, 0.3) is 22.6 Å². The second kappa shape index (κ2) is 4.37. The second-order valence-electron chi connectivity index (χ2n) is 3.91. The van der Waals surface area contributed by atoms with Crippen LogP contribution in [0.2, 0.25) is 0 Å². The molecule has 18 heavy (non-hydrogen) atoms. The minimum atomic E-state index is 0.748. The molecule has 3 heterocycles. The summed E-state index contributed by atoms with van der Waals surface area (Å²) >= 11 is 0. The summed E-state index contributed by atoms with van der Waals surface area (Å²) in [5.41, 5.74) is 2.80. The van der Waals surface area contributed by atoms with Gasteiger partial charge in [0.15, 0.2) is 0 Å². The smallest absolute Gasteiger partial charge is 0.140 e. The summed E-state index contributed by atoms with van der Waals surface area (Å²) in [6, 6.07) is 3.88. The number of pyridine rings is 1. The van der Waals surface area contributed by atoms with Gasteiger partial charge in [0.1, 0.15) is 11.6 Å². The number of hydrogen-bond acceptors (Lipinski definition) is 4. The van der Waals surface area contributed by atoms with Crippen molar-refractivity contribution in [2.75, 3.05) is 0 Å². The van der Waals surface area contributed by atoms with Crippen molar-refractivity contribution < 1.29 is 0 Å². The first-order valence-corrected chi connectivity index (χ1v) is 5.57. The molecule has 88 valence electrons. The Hall–Kier alpha value is -2.56. The van der Waals surface area contributed by atoms with Crippen molar-refractivity contribution in [1.82, 2.24) is 24.9 Å². The predicted molar refractivity (Wildman–Crippen MR) is 67.6 cm³/mol. The molecule has 0 aliphatic carbocycles. The quantitative estimate of drug-likeness (QED) is 0.742. The summed E-state index contributed by atoms with van der Waals surface area (Å²) in [5.74, 6) is 1.51. The van der Waals surface area contributed by atoms with E-state index >= 15 is 0 Å². The van der Waals surface area contributed by atoms with E-state index in [9.17, 15) is 0 Å². The maximum atomic E-state index is 4.33. The third-order valence-electron chi connectivity index (χ3n) is 2.60. The zero-order valence-electron chi connectivity index (χ0n) is 9.83. The molecular formula is C13H11N5. The van der Waals surface area contributed by atoms with Gasteiger partial charge in [-0.2, -0.15) is 0 Å². The fraction of sp³-hybridized carbons (Fsp3) is 0.0769. The van der Waals surface area contributed by atoms with E-state index in [1.165, 1.54) is 0 Å². The highest BCUT2D eigenvalue weighted by Gasteiger charge is 2.05. The molecule has 0 aromatic carbocycles. The summed E-state index contributed by atoms with van der Waals surface area (Å²) in [5, 5.41) is 0. The van der Waals surface area contributed by atoms with Gasteiger partial charge in [0.2, 0.25) is 0 Å². The van der Waals surface area contributed by atoms with Crippen molar-refractivity contribution in [2.24, 2.45) is 0 Å². The number of imidazole rings is 1. The molecule has 0 spiro atoms. The Morgan fingerprint density at radius 3 is 2.50 bits per heavy atom. The van der Waals surface area contributed by atoms with Gasteiger partial charge in [-0.25, -0.2) is 15.0 Å². The normalized spacial score (nSPS) is 10.5. The third kappa shape index (κ3) is 1.98. The lowest BCUT2D eigenvalue weighted by Gasteiger charge is -1.97. The van der Waals surface area contributed by atoms with Crippen LogP contribution >= 0.6 is 0 Å². The molecule has 0 amide bonds. The fourth-order valence-electron chi connectivity index (χ4n) is 1.65. The largest absolute Gasteiger partial charge is 0.338 e. The molecule has 0 saturated carbocycles. The van der Waals surface area contributed by atoms with Crippen molar-refractivity contribution in [2.45, 2.75) is 6.92 Å². The van der Waals surface area contributed by atoms with Crippen molar-refractivity contribution >= 4 is 0 Å². The van der Waals surface area contributed by atoms with Crippen LogP contribution in [0, 0.1) is 6.92 Å². The molecular weight excluding hydrogens is 226 g/mol. The standard InChI is InChI=1S/C13H11N5/c1-9-15-6-11(7-16-9)13-17-8-12(18-13)10-3-2-4-14-5-10/h2-8H,1H3,(H,17,18). The topological polar surface area (TPSA) is 67.3 Å². The highest BCUT2D eigenvalue weighted by atomic mass is 14.9. The number of rotatable bonds is 2. The maximum absolute atomic E-state index is 4.33. The van der Waals surface area contributed by atoms with Crippen LogP contribution < -0.4 is 0 Å². The Morgan fingerprint density at radius 1 is 0.944 bits per heavy atom. The Kier molecular flexibility index (Phi) is 2.57. The molecule has 0 aliphatic rings. The molecule has 3 rings (SSSR count). The Morgan fingerprint density at radius 2 is 1.78 bits per heavy atom. The molecule has 0 saturated heterocycles. The number of nitrogens with one attached hydrogen (secondary N) is 1. The number of H-pyrrole nitrogens is 1. The number of nitrogens with zero attached hydrogens (tertiary/aromatic N) is 4. The van der Waals surface area contributed by atoms with Crippen LogP contribution in [0.5, 0.6) is 0 Å². The number of hydrogen-bond donors (Lipinski definition) is 1. The Labute approximate surface area is 104 Å². The fourth-order valence-corrected chi connectivity index (χ4v) is 1.65. The maximum Gasteiger partial charge on any atom is 0.140 e. The van der Waals surface area contributed by atoms with Gasteiger partial charge in [-0.3, -0.25) is 4.98 Å². The average molecular weight is 237 g/mol. The van der Waals surface area contributed by atoms with Crippen molar-refractivity contribution in [3.63, 3.8) is 0 Å². The highest BCUT2D eigenvalue weighted by molar-refractivity contribution is 5.62. The summed E-state index contributed by atoms with van der Waals surface area (Å²) in [6.45, 7) is 1.85. The lowest BCUT2D eigenvalue weighted by Crippen LogP contribution is -1.88. The van der Waals surface area contributed by atoms with E-state index in [0.29, 0.717) is 0 Å². The lowest BCUT2D eigenvalue weighted by atomic mass is 10.2. The van der Waals surface area contributed by atoms with Gasteiger partial charge in [0, 0.05) is 30.4 Å². The van der Waals surface area contributed by atoms with Crippen LogP contribution in [-0.4, -0.2) is 24.9 Å². The third-order valence-corrected chi connectivity index (χ3v) is 2.60. The summed E-state index contributed by atoms with van der Waals surface area (Å²) < 4.78 is 0. The van der Waals surface area contributed by atoms with Gasteiger partial charge in [0.25, 0.3) is 0 Å². The molecule has 0 fully saturated rings. The van der Waals surface area contributed by atoms with E-state index in [4.69, 9.17) is 0 Å². The van der Waals surface area contributed by atoms with E-state index in [-0.39, 0.29) is 0 Å². The summed E-state index contributed by atoms with van der Waals surface area (Å²) in [4.78, 5) is 20.0. The monoisotopic (exact) mass is 237 g/mol. The summed E-state index contributed by atoms with van der Waals surface area (Å²) in [6.07, 6.45) is 8.84. The van der Waals surface area contributed by atoms with Gasteiger partial charge in [-0.1, -0.05) is 0 Å². The van der Waals surface area contributed by atoms with Crippen molar-refractivity contribution in [1.29, 1.82) is 0 Å². The molecule has 0 radical (unpaired) electrons. The molecule has 1 N–H and O–H groups in total. The molecule has 0 aliphatic heterocycles. The van der Waals surface area contributed by atoms with Gasteiger partial charge >= 0.3 is 0 Å². The number of aromatic amines is 1. The minimum Gasteiger partial charge on any atom is -0.338 e. The summed E-state index contributed by atoms with van der Waals surface area (Å²) in [7, 11) is 0. The number of aryl methyl sites for hydroxylation is 1. The van der Waals surface area contributed by atoms with Gasteiger partial charge in [-0.05, 0) is 19.1 Å². The van der Waals surface area contributed by atoms with E-state index in [1.807, 2.05) is 19.1 Å². The molecule has 0 atom stereocenters. The lowest BCUT2D eigenvalue weighted by molar-refractivity contribution is 1.05. The highest BCUT2D eigenvalue weighted by Crippen LogP contribution is 2.20. The number of aromatic nitrogens is 5. The van der Waals surface area contributed by atoms with Gasteiger partial charge in [-0.15, -0.1) is 0 Å². The van der Waals surface area contributed by atoms with E-state index in [2.05, 4.69) is 24.9 Å². The zero-order valence-corrected chi connectivity index (χ0v) is 9.83. The average Bonchev–Trinajstić information content (AvgIpc) is 2.90. The van der Waals surface area contributed by atoms with Crippen LogP contribution in [0.4, 0.5) is 0 Å². The zero-order chi connectivity index (χ0) is 12.4. The SMILES string of the molecule is Cc1ncc(-c2ncc(-c3cccnc3)[nH]2)cn1. The predicted octanol–water partition coefficient (Wildman–Crippen LogP) is 2.24. The van der Waals surface area contributed by atoms with E-state index in [0.717, 1.165) is 28.5 Å². The molecule has 0 unspecified atom stereocenters. The van der Waals surface area contributed by atoms with Crippen molar-refractivity contribution in [3.05, 3.63) is 48.9 Å². The first kappa shape index (κ1) is 10.6. The van der Waals surface area contributed by atoms with Crippen LogP contribution in [0.3, 0.4) is 0 Å². The first-order valence-electron chi connectivity index (χ1n) is 5.57. The van der Waals surface area contributed by atoms with Gasteiger partial charge in [0.05, 0.1) is 17.5 Å². The van der Waals surface area contributed by atoms with Crippen LogP contribution in [-0.2, 0) is 0 Å². The second-order valence-corrected chi connectivity index (χ2v) is 3.91. The minimum absolute atomic E-state index is 0.748. The molecule has 5 nitrogen and oxygen atoms in total. The Bertz CT molecular complexity index is 643. The van der Waals surface area contributed by atoms with Crippen LogP contribution in [0.1, 0.15) is 5.82 Å². The van der Waals surface area contributed by atoms with Gasteiger partial charge < -0.3 is 4.98 Å². The molecule has 0 bridgehead atoms. The van der Waals surface area contributed by atoms with E-state index < -0.39 is 0 Å². The van der Waals surface area contributed by atoms with Crippen LogP contribution in [0.15, 0.2) is 43.1 Å². The molecule has 3 aromatic rings. The first-order chi connectivity index (χ1) is 8.83. The molecule has 5 heteroatoms. The van der Waals surface area contributed by atoms with E-state index in [1.54, 1.807) is 31.0 Å². The Balaban J connectivity index is 1.97. The van der Waals surface area contributed by atoms with Crippen molar-refractivity contribution in [3.8, 4) is 22.6 Å². The molecule has 3 aromatic heterocycles.